The number of halogens is 2. The van der Waals surface area contributed by atoms with E-state index >= 15 is 0 Å². The Labute approximate surface area is 137 Å². The zero-order valence-corrected chi connectivity index (χ0v) is 13.8. The van der Waals surface area contributed by atoms with Crippen molar-refractivity contribution in [3.8, 4) is 0 Å². The van der Waals surface area contributed by atoms with Crippen molar-refractivity contribution in [2.24, 2.45) is 0 Å². The van der Waals surface area contributed by atoms with Crippen LogP contribution < -0.4 is 5.32 Å². The SMILES string of the molecule is O=C(NC(Cc1cnc[nH]1)C(=O)O)c1ccc(Br)cc1Br. The van der Waals surface area contributed by atoms with Crippen LogP contribution >= 0.6 is 31.9 Å². The van der Waals surface area contributed by atoms with E-state index in [4.69, 9.17) is 0 Å². The number of amides is 1. The summed E-state index contributed by atoms with van der Waals surface area (Å²) in [5, 5.41) is 11.7. The Morgan fingerprint density at radius 3 is 2.71 bits per heavy atom. The second kappa shape index (κ2) is 6.86. The fourth-order valence-corrected chi connectivity index (χ4v) is 2.95. The lowest BCUT2D eigenvalue weighted by molar-refractivity contribution is -0.139. The molecule has 1 amide bonds. The third-order valence-corrected chi connectivity index (χ3v) is 3.91. The van der Waals surface area contributed by atoms with E-state index < -0.39 is 17.9 Å². The van der Waals surface area contributed by atoms with Gasteiger partial charge in [0.25, 0.3) is 5.91 Å². The lowest BCUT2D eigenvalue weighted by Gasteiger charge is -2.14. The number of carboxylic acid groups (broad SMARTS) is 1. The van der Waals surface area contributed by atoms with Gasteiger partial charge >= 0.3 is 5.97 Å². The maximum Gasteiger partial charge on any atom is 0.326 e. The van der Waals surface area contributed by atoms with Crippen molar-refractivity contribution < 1.29 is 14.7 Å². The van der Waals surface area contributed by atoms with E-state index in [1.165, 1.54) is 12.5 Å². The molecule has 2 aromatic rings. The molecular formula is C13H11Br2N3O3. The third-order valence-electron chi connectivity index (χ3n) is 2.76. The molecule has 0 spiro atoms. The van der Waals surface area contributed by atoms with E-state index in [1.54, 1.807) is 18.2 Å². The predicted octanol–water partition coefficient (Wildman–Crippen LogP) is 2.36. The highest BCUT2D eigenvalue weighted by molar-refractivity contribution is 9.11. The maximum absolute atomic E-state index is 12.2. The van der Waals surface area contributed by atoms with Gasteiger partial charge in [-0.3, -0.25) is 4.79 Å². The molecule has 1 atom stereocenters. The first-order valence-electron chi connectivity index (χ1n) is 5.93. The van der Waals surface area contributed by atoms with E-state index in [9.17, 15) is 14.7 Å². The Morgan fingerprint density at radius 1 is 1.38 bits per heavy atom. The van der Waals surface area contributed by atoms with Crippen LogP contribution in [0, 0.1) is 0 Å². The molecule has 1 aromatic heterocycles. The standard InChI is InChI=1S/C13H11Br2N3O3/c14-7-1-2-9(10(15)3-7)12(19)18-11(13(20)21)4-8-5-16-6-17-8/h1-3,5-6,11H,4H2,(H,16,17)(H,18,19)(H,20,21). The molecule has 0 aliphatic carbocycles. The van der Waals surface area contributed by atoms with Gasteiger partial charge in [-0.05, 0) is 34.1 Å². The van der Waals surface area contributed by atoms with Gasteiger partial charge in [-0.15, -0.1) is 0 Å². The van der Waals surface area contributed by atoms with E-state index in [0.29, 0.717) is 15.7 Å². The molecule has 3 N–H and O–H groups in total. The number of hydrogen-bond acceptors (Lipinski definition) is 3. The maximum atomic E-state index is 12.2. The molecule has 2 rings (SSSR count). The van der Waals surface area contributed by atoms with Crippen molar-refractivity contribution in [3.63, 3.8) is 0 Å². The molecule has 0 aliphatic heterocycles. The van der Waals surface area contributed by atoms with Crippen molar-refractivity contribution in [1.82, 2.24) is 15.3 Å². The van der Waals surface area contributed by atoms with Gasteiger partial charge in [0.05, 0.1) is 11.9 Å². The lowest BCUT2D eigenvalue weighted by atomic mass is 10.1. The summed E-state index contributed by atoms with van der Waals surface area (Å²) < 4.78 is 1.40. The Hall–Kier alpha value is -1.67. The minimum absolute atomic E-state index is 0.134. The van der Waals surface area contributed by atoms with Crippen molar-refractivity contribution in [2.45, 2.75) is 12.5 Å². The molecule has 0 aliphatic rings. The third kappa shape index (κ3) is 4.15. The summed E-state index contributed by atoms with van der Waals surface area (Å²) in [6.07, 6.45) is 3.12. The van der Waals surface area contributed by atoms with Gasteiger partial charge in [-0.2, -0.15) is 0 Å². The molecule has 110 valence electrons. The van der Waals surface area contributed by atoms with Crippen molar-refractivity contribution >= 4 is 43.7 Å². The molecule has 1 heterocycles. The van der Waals surface area contributed by atoms with Gasteiger partial charge in [0, 0.05) is 27.3 Å². The minimum Gasteiger partial charge on any atom is -0.480 e. The van der Waals surface area contributed by atoms with Gasteiger partial charge in [-0.1, -0.05) is 15.9 Å². The van der Waals surface area contributed by atoms with Crippen molar-refractivity contribution in [2.75, 3.05) is 0 Å². The molecule has 1 unspecified atom stereocenters. The highest BCUT2D eigenvalue weighted by atomic mass is 79.9. The van der Waals surface area contributed by atoms with Gasteiger partial charge in [0.2, 0.25) is 0 Å². The number of imidazole rings is 1. The zero-order valence-electron chi connectivity index (χ0n) is 10.6. The second-order valence-electron chi connectivity index (χ2n) is 4.27. The first-order valence-corrected chi connectivity index (χ1v) is 7.52. The number of H-pyrrole nitrogens is 1. The fraction of sp³-hybridized carbons (Fsp3) is 0.154. The number of aliphatic carboxylic acids is 1. The summed E-state index contributed by atoms with van der Waals surface area (Å²) >= 11 is 6.57. The Kier molecular flexibility index (Phi) is 5.13. The number of hydrogen-bond donors (Lipinski definition) is 3. The van der Waals surface area contributed by atoms with Crippen molar-refractivity contribution in [1.29, 1.82) is 0 Å². The van der Waals surface area contributed by atoms with Crippen LogP contribution in [0.15, 0.2) is 39.7 Å². The highest BCUT2D eigenvalue weighted by Gasteiger charge is 2.22. The predicted molar refractivity (Wildman–Crippen MR) is 83.0 cm³/mol. The average molecular weight is 417 g/mol. The van der Waals surface area contributed by atoms with Crippen molar-refractivity contribution in [3.05, 3.63) is 50.9 Å². The van der Waals surface area contributed by atoms with Crippen LogP contribution in [0.5, 0.6) is 0 Å². The van der Waals surface area contributed by atoms with Crippen LogP contribution in [-0.2, 0) is 11.2 Å². The lowest BCUT2D eigenvalue weighted by Crippen LogP contribution is -2.42. The van der Waals surface area contributed by atoms with Crippen LogP contribution in [0.2, 0.25) is 0 Å². The number of aromatic nitrogens is 2. The fourth-order valence-electron chi connectivity index (χ4n) is 1.73. The largest absolute Gasteiger partial charge is 0.480 e. The van der Waals surface area contributed by atoms with E-state index in [2.05, 4.69) is 47.1 Å². The van der Waals surface area contributed by atoms with Crippen LogP contribution in [0.3, 0.4) is 0 Å². The van der Waals surface area contributed by atoms with E-state index in [-0.39, 0.29) is 6.42 Å². The second-order valence-corrected chi connectivity index (χ2v) is 6.04. The number of rotatable bonds is 5. The summed E-state index contributed by atoms with van der Waals surface area (Å²) in [6.45, 7) is 0. The normalized spacial score (nSPS) is 11.9. The Bertz CT molecular complexity index is 659. The number of aromatic amines is 1. The Morgan fingerprint density at radius 2 is 2.14 bits per heavy atom. The summed E-state index contributed by atoms with van der Waals surface area (Å²) in [4.78, 5) is 30.1. The number of benzene rings is 1. The van der Waals surface area contributed by atoms with E-state index in [0.717, 1.165) is 4.47 Å². The van der Waals surface area contributed by atoms with Crippen LogP contribution in [0.25, 0.3) is 0 Å². The van der Waals surface area contributed by atoms with E-state index in [1.807, 2.05) is 0 Å². The van der Waals surface area contributed by atoms with Crippen LogP contribution in [-0.4, -0.2) is 33.0 Å². The number of carboxylic acids is 1. The number of carbonyl (C=O) groups is 2. The molecule has 0 radical (unpaired) electrons. The summed E-state index contributed by atoms with van der Waals surface area (Å²) in [5.41, 5.74) is 1.01. The van der Waals surface area contributed by atoms with Crippen LogP contribution in [0.4, 0.5) is 0 Å². The Balaban J connectivity index is 2.12. The summed E-state index contributed by atoms with van der Waals surface area (Å²) in [7, 11) is 0. The average Bonchev–Trinajstić information content (AvgIpc) is 2.90. The minimum atomic E-state index is -1.11. The van der Waals surface area contributed by atoms with Gasteiger partial charge < -0.3 is 15.4 Å². The number of nitrogens with zero attached hydrogens (tertiary/aromatic N) is 1. The summed E-state index contributed by atoms with van der Waals surface area (Å²) in [5.74, 6) is -1.56. The topological polar surface area (TPSA) is 95.1 Å². The molecule has 0 saturated carbocycles. The zero-order chi connectivity index (χ0) is 15.4. The summed E-state index contributed by atoms with van der Waals surface area (Å²) in [6, 6.07) is 4.01. The molecule has 6 nitrogen and oxygen atoms in total. The van der Waals surface area contributed by atoms with Crippen LogP contribution in [0.1, 0.15) is 16.1 Å². The van der Waals surface area contributed by atoms with Gasteiger partial charge in [0.15, 0.2) is 0 Å². The molecule has 21 heavy (non-hydrogen) atoms. The molecule has 0 fully saturated rings. The van der Waals surface area contributed by atoms with Gasteiger partial charge in [-0.25, -0.2) is 9.78 Å². The number of nitrogens with one attached hydrogen (secondary N) is 2. The first-order chi connectivity index (χ1) is 9.97. The van der Waals surface area contributed by atoms with Gasteiger partial charge in [0.1, 0.15) is 6.04 Å². The highest BCUT2D eigenvalue weighted by Crippen LogP contribution is 2.22. The smallest absolute Gasteiger partial charge is 0.326 e. The number of carbonyl (C=O) groups excluding carboxylic acids is 1. The monoisotopic (exact) mass is 415 g/mol. The molecule has 0 saturated heterocycles. The molecular weight excluding hydrogens is 406 g/mol. The molecule has 8 heteroatoms. The quantitative estimate of drug-likeness (QED) is 0.697. The molecule has 1 aromatic carbocycles. The molecule has 0 bridgehead atoms. The first kappa shape index (κ1) is 15.7.